The molecular formula is C13H19ClN2O2S. The van der Waals surface area contributed by atoms with E-state index in [9.17, 15) is 8.42 Å². The third kappa shape index (κ3) is 3.61. The summed E-state index contributed by atoms with van der Waals surface area (Å²) >= 11 is 5.74. The van der Waals surface area contributed by atoms with Crippen LogP contribution in [0.15, 0.2) is 29.2 Å². The number of piperazine rings is 1. The molecule has 1 aromatic carbocycles. The smallest absolute Gasteiger partial charge is 0.177 e. The summed E-state index contributed by atoms with van der Waals surface area (Å²) in [6.45, 7) is 4.41. The summed E-state index contributed by atoms with van der Waals surface area (Å²) in [4.78, 5) is 4.86. The Bertz CT molecular complexity index is 525. The molecule has 0 aromatic heterocycles. The number of nitrogens with zero attached hydrogens (tertiary/aromatic N) is 2. The zero-order valence-corrected chi connectivity index (χ0v) is 12.6. The maximum absolute atomic E-state index is 11.8. The minimum Gasteiger partial charge on any atom is -0.368 e. The Kier molecular flexibility index (Phi) is 4.71. The van der Waals surface area contributed by atoms with Crippen LogP contribution in [0.1, 0.15) is 0 Å². The van der Waals surface area contributed by atoms with Gasteiger partial charge < -0.3 is 4.90 Å². The zero-order valence-electron chi connectivity index (χ0n) is 11.0. The van der Waals surface area contributed by atoms with E-state index in [1.54, 1.807) is 12.1 Å². The molecule has 0 amide bonds. The Morgan fingerprint density at radius 1 is 1.16 bits per heavy atom. The molecule has 19 heavy (non-hydrogen) atoms. The quantitative estimate of drug-likeness (QED) is 0.790. The van der Waals surface area contributed by atoms with Gasteiger partial charge in [-0.3, -0.25) is 4.90 Å². The Hall–Kier alpha value is -0.780. The Morgan fingerprint density at radius 2 is 1.79 bits per heavy atom. The van der Waals surface area contributed by atoms with Crippen molar-refractivity contribution in [2.45, 2.75) is 4.90 Å². The third-order valence-electron chi connectivity index (χ3n) is 3.38. The standard InChI is InChI=1S/C13H19ClN2O2S/c1-19(17,18)13-5-3-2-4-12(13)16-10-8-15(7-6-14)9-11-16/h2-5H,6-11H2,1H3. The second-order valence-electron chi connectivity index (χ2n) is 4.76. The topological polar surface area (TPSA) is 40.6 Å². The molecular weight excluding hydrogens is 284 g/mol. The van der Waals surface area contributed by atoms with Crippen LogP contribution in [0.5, 0.6) is 0 Å². The summed E-state index contributed by atoms with van der Waals surface area (Å²) in [6.07, 6.45) is 1.26. The molecule has 0 spiro atoms. The third-order valence-corrected chi connectivity index (χ3v) is 4.69. The molecule has 4 nitrogen and oxygen atoms in total. The molecule has 1 saturated heterocycles. The van der Waals surface area contributed by atoms with E-state index < -0.39 is 9.84 Å². The van der Waals surface area contributed by atoms with Crippen molar-refractivity contribution in [3.05, 3.63) is 24.3 Å². The number of hydrogen-bond acceptors (Lipinski definition) is 4. The molecule has 106 valence electrons. The van der Waals surface area contributed by atoms with Crippen molar-refractivity contribution in [1.29, 1.82) is 0 Å². The summed E-state index contributed by atoms with van der Waals surface area (Å²) in [6, 6.07) is 7.21. The van der Waals surface area contributed by atoms with Crippen LogP contribution in [-0.2, 0) is 9.84 Å². The molecule has 1 aliphatic heterocycles. The predicted molar refractivity (Wildman–Crippen MR) is 78.9 cm³/mol. The number of sulfone groups is 1. The molecule has 1 aromatic rings. The van der Waals surface area contributed by atoms with Crippen molar-refractivity contribution in [3.8, 4) is 0 Å². The number of anilines is 1. The Morgan fingerprint density at radius 3 is 2.37 bits per heavy atom. The number of benzene rings is 1. The molecule has 2 rings (SSSR count). The van der Waals surface area contributed by atoms with E-state index in [1.807, 2.05) is 12.1 Å². The largest absolute Gasteiger partial charge is 0.368 e. The summed E-state index contributed by atoms with van der Waals surface area (Å²) in [5.41, 5.74) is 0.815. The van der Waals surface area contributed by atoms with Crippen molar-refractivity contribution in [1.82, 2.24) is 4.90 Å². The van der Waals surface area contributed by atoms with E-state index >= 15 is 0 Å². The van der Waals surface area contributed by atoms with Crippen molar-refractivity contribution in [3.63, 3.8) is 0 Å². The van der Waals surface area contributed by atoms with Crippen LogP contribution in [0, 0.1) is 0 Å². The summed E-state index contributed by atoms with van der Waals surface area (Å²) in [7, 11) is -3.18. The first-order valence-electron chi connectivity index (χ1n) is 6.35. The molecule has 6 heteroatoms. The minimum absolute atomic E-state index is 0.417. The Labute approximate surface area is 119 Å². The molecule has 0 atom stereocenters. The molecule has 0 aliphatic carbocycles. The number of halogens is 1. The maximum Gasteiger partial charge on any atom is 0.177 e. The normalized spacial score (nSPS) is 17.7. The number of para-hydroxylation sites is 1. The monoisotopic (exact) mass is 302 g/mol. The van der Waals surface area contributed by atoms with Crippen LogP contribution in [-0.4, -0.2) is 58.2 Å². The van der Waals surface area contributed by atoms with E-state index in [4.69, 9.17) is 11.6 Å². The summed E-state index contributed by atoms with van der Waals surface area (Å²) in [5, 5.41) is 0. The van der Waals surface area contributed by atoms with Gasteiger partial charge in [-0.25, -0.2) is 8.42 Å². The minimum atomic E-state index is -3.18. The van der Waals surface area contributed by atoms with E-state index in [0.717, 1.165) is 38.4 Å². The lowest BCUT2D eigenvalue weighted by atomic mass is 10.2. The van der Waals surface area contributed by atoms with Gasteiger partial charge in [0.25, 0.3) is 0 Å². The first-order valence-corrected chi connectivity index (χ1v) is 8.77. The number of rotatable bonds is 4. The van der Waals surface area contributed by atoms with Crippen molar-refractivity contribution >= 4 is 27.1 Å². The summed E-state index contributed by atoms with van der Waals surface area (Å²) < 4.78 is 23.6. The Balaban J connectivity index is 2.16. The van der Waals surface area contributed by atoms with Gasteiger partial charge in [-0.05, 0) is 12.1 Å². The van der Waals surface area contributed by atoms with E-state index in [-0.39, 0.29) is 0 Å². The highest BCUT2D eigenvalue weighted by Gasteiger charge is 2.21. The average Bonchev–Trinajstić information content (AvgIpc) is 2.39. The second-order valence-corrected chi connectivity index (χ2v) is 7.12. The fourth-order valence-corrected chi connectivity index (χ4v) is 3.51. The van der Waals surface area contributed by atoms with Crippen molar-refractivity contribution in [2.75, 3.05) is 49.8 Å². The fraction of sp³-hybridized carbons (Fsp3) is 0.538. The second kappa shape index (κ2) is 6.11. The highest BCUT2D eigenvalue weighted by Crippen LogP contribution is 2.25. The first-order chi connectivity index (χ1) is 9.02. The zero-order chi connectivity index (χ0) is 13.9. The SMILES string of the molecule is CS(=O)(=O)c1ccccc1N1CCN(CCCl)CC1. The van der Waals surface area contributed by atoms with E-state index in [1.165, 1.54) is 6.26 Å². The van der Waals surface area contributed by atoms with Gasteiger partial charge in [0.05, 0.1) is 10.6 Å². The van der Waals surface area contributed by atoms with Crippen LogP contribution in [0.25, 0.3) is 0 Å². The van der Waals surface area contributed by atoms with Gasteiger partial charge in [-0.1, -0.05) is 12.1 Å². The molecule has 0 radical (unpaired) electrons. The highest BCUT2D eigenvalue weighted by atomic mass is 35.5. The summed E-state index contributed by atoms with van der Waals surface area (Å²) in [5.74, 6) is 0.639. The van der Waals surface area contributed by atoms with Crippen LogP contribution >= 0.6 is 11.6 Å². The molecule has 1 fully saturated rings. The molecule has 1 aliphatic rings. The van der Waals surface area contributed by atoms with E-state index in [2.05, 4.69) is 9.80 Å². The van der Waals surface area contributed by atoms with Gasteiger partial charge in [-0.2, -0.15) is 0 Å². The lowest BCUT2D eigenvalue weighted by molar-refractivity contribution is 0.272. The van der Waals surface area contributed by atoms with Gasteiger partial charge >= 0.3 is 0 Å². The van der Waals surface area contributed by atoms with E-state index in [0.29, 0.717) is 10.8 Å². The number of alkyl halides is 1. The van der Waals surface area contributed by atoms with Gasteiger partial charge in [0, 0.05) is 44.9 Å². The van der Waals surface area contributed by atoms with Crippen LogP contribution in [0.2, 0.25) is 0 Å². The van der Waals surface area contributed by atoms with Crippen LogP contribution in [0.3, 0.4) is 0 Å². The lowest BCUT2D eigenvalue weighted by Gasteiger charge is -2.36. The molecule has 0 saturated carbocycles. The van der Waals surface area contributed by atoms with Crippen LogP contribution in [0.4, 0.5) is 5.69 Å². The highest BCUT2D eigenvalue weighted by molar-refractivity contribution is 7.90. The first kappa shape index (κ1) is 14.6. The maximum atomic E-state index is 11.8. The van der Waals surface area contributed by atoms with Crippen molar-refractivity contribution < 1.29 is 8.42 Å². The molecule has 0 bridgehead atoms. The molecule has 1 heterocycles. The van der Waals surface area contributed by atoms with Crippen LogP contribution < -0.4 is 4.90 Å². The number of hydrogen-bond donors (Lipinski definition) is 0. The molecule has 0 N–H and O–H groups in total. The van der Waals surface area contributed by atoms with Gasteiger partial charge in [0.2, 0.25) is 0 Å². The lowest BCUT2D eigenvalue weighted by Crippen LogP contribution is -2.47. The van der Waals surface area contributed by atoms with Gasteiger partial charge in [0.1, 0.15) is 0 Å². The fourth-order valence-electron chi connectivity index (χ4n) is 2.36. The molecule has 0 unspecified atom stereocenters. The predicted octanol–water partition coefficient (Wildman–Crippen LogP) is 1.45. The van der Waals surface area contributed by atoms with Gasteiger partial charge in [0.15, 0.2) is 9.84 Å². The van der Waals surface area contributed by atoms with Gasteiger partial charge in [-0.15, -0.1) is 11.6 Å². The van der Waals surface area contributed by atoms with Crippen molar-refractivity contribution in [2.24, 2.45) is 0 Å². The average molecular weight is 303 g/mol.